The Labute approximate surface area is 85.4 Å². The first-order valence-electron chi connectivity index (χ1n) is 4.63. The molecule has 1 saturated heterocycles. The van der Waals surface area contributed by atoms with Crippen LogP contribution in [-0.2, 0) is 14.3 Å². The molecular formula is C11H18O3. The van der Waals surface area contributed by atoms with Crippen LogP contribution in [0.3, 0.4) is 0 Å². The van der Waals surface area contributed by atoms with Crippen LogP contribution in [0.25, 0.3) is 0 Å². The fourth-order valence-corrected chi connectivity index (χ4v) is 0.456. The zero-order valence-electron chi connectivity index (χ0n) is 9.08. The van der Waals surface area contributed by atoms with E-state index in [1.165, 1.54) is 0 Å². The Hall–Kier alpha value is -1.09. The Morgan fingerprint density at radius 2 is 2.07 bits per heavy atom. The van der Waals surface area contributed by atoms with Crippen molar-refractivity contribution in [2.45, 2.75) is 26.9 Å². The summed E-state index contributed by atoms with van der Waals surface area (Å²) in [5.74, 6) is -0.337. The Morgan fingerprint density at radius 1 is 1.57 bits per heavy atom. The molecule has 1 heterocycles. The Bertz CT molecular complexity index is 211. The minimum atomic E-state index is -0.337. The topological polar surface area (TPSA) is 38.8 Å². The number of hydrogen-bond donors (Lipinski definition) is 0. The summed E-state index contributed by atoms with van der Waals surface area (Å²) in [6.45, 7) is 10.1. The van der Waals surface area contributed by atoms with Gasteiger partial charge in [-0.05, 0) is 20.8 Å². The molecular weight excluding hydrogens is 180 g/mol. The van der Waals surface area contributed by atoms with E-state index < -0.39 is 0 Å². The Kier molecular flexibility index (Phi) is 6.76. The lowest BCUT2D eigenvalue weighted by atomic mass is 10.4. The molecule has 0 N–H and O–H groups in total. The summed E-state index contributed by atoms with van der Waals surface area (Å²) in [4.78, 5) is 10.7. The van der Waals surface area contributed by atoms with Crippen molar-refractivity contribution in [3.05, 3.63) is 24.3 Å². The van der Waals surface area contributed by atoms with Gasteiger partial charge in [-0.25, -0.2) is 4.79 Å². The molecule has 1 unspecified atom stereocenters. The molecule has 1 aliphatic rings. The Balaban J connectivity index is 0.000000364. The van der Waals surface area contributed by atoms with Crippen molar-refractivity contribution in [2.24, 2.45) is 0 Å². The largest absolute Gasteiger partial charge is 0.459 e. The molecule has 0 saturated carbocycles. The average molecular weight is 198 g/mol. The predicted octanol–water partition coefficient (Wildman–Crippen LogP) is 2.09. The molecule has 0 spiro atoms. The third kappa shape index (κ3) is 7.55. The second kappa shape index (κ2) is 7.33. The number of ether oxygens (including phenoxy) is 2. The summed E-state index contributed by atoms with van der Waals surface area (Å²) in [5, 5.41) is 0. The van der Waals surface area contributed by atoms with Gasteiger partial charge in [-0.1, -0.05) is 18.7 Å². The highest BCUT2D eigenvalue weighted by atomic mass is 16.6. The van der Waals surface area contributed by atoms with Crippen LogP contribution >= 0.6 is 0 Å². The van der Waals surface area contributed by atoms with Gasteiger partial charge in [-0.3, -0.25) is 0 Å². The van der Waals surface area contributed by atoms with Crippen LogP contribution in [0.2, 0.25) is 0 Å². The first-order chi connectivity index (χ1) is 6.61. The van der Waals surface area contributed by atoms with Crippen LogP contribution in [0.15, 0.2) is 24.3 Å². The molecule has 0 aromatic heterocycles. The summed E-state index contributed by atoms with van der Waals surface area (Å²) < 4.78 is 9.60. The minimum Gasteiger partial charge on any atom is -0.459 e. The van der Waals surface area contributed by atoms with E-state index in [9.17, 15) is 4.79 Å². The van der Waals surface area contributed by atoms with E-state index in [2.05, 4.69) is 6.58 Å². The maximum Gasteiger partial charge on any atom is 0.333 e. The van der Waals surface area contributed by atoms with Crippen LogP contribution in [0.5, 0.6) is 0 Å². The monoisotopic (exact) mass is 198 g/mol. The molecule has 0 bridgehead atoms. The molecule has 0 aliphatic carbocycles. The third-order valence-corrected chi connectivity index (χ3v) is 1.48. The summed E-state index contributed by atoms with van der Waals surface area (Å²) in [5.41, 5.74) is 0.431. The lowest BCUT2D eigenvalue weighted by molar-refractivity contribution is -0.139. The van der Waals surface area contributed by atoms with Crippen molar-refractivity contribution in [3.8, 4) is 0 Å². The number of esters is 1. The normalized spacial score (nSPS) is 18.4. The highest BCUT2D eigenvalue weighted by Gasteiger charge is 2.24. The van der Waals surface area contributed by atoms with E-state index in [4.69, 9.17) is 9.47 Å². The van der Waals surface area contributed by atoms with Crippen LogP contribution in [-0.4, -0.2) is 25.3 Å². The average Bonchev–Trinajstić information content (AvgIpc) is 2.98. The molecule has 3 nitrogen and oxygen atoms in total. The zero-order valence-corrected chi connectivity index (χ0v) is 9.08. The molecule has 1 rings (SSSR count). The van der Waals surface area contributed by atoms with Gasteiger partial charge < -0.3 is 9.47 Å². The van der Waals surface area contributed by atoms with Crippen LogP contribution in [0.4, 0.5) is 0 Å². The second-order valence-corrected chi connectivity index (χ2v) is 3.00. The number of carbonyl (C=O) groups is 1. The number of hydrogen-bond acceptors (Lipinski definition) is 3. The number of rotatable bonds is 3. The first kappa shape index (κ1) is 12.9. The molecule has 80 valence electrons. The molecule has 1 atom stereocenters. The van der Waals surface area contributed by atoms with E-state index in [-0.39, 0.29) is 12.1 Å². The van der Waals surface area contributed by atoms with Crippen molar-refractivity contribution < 1.29 is 14.3 Å². The minimum absolute atomic E-state index is 0.142. The molecule has 14 heavy (non-hydrogen) atoms. The molecule has 0 amide bonds. The van der Waals surface area contributed by atoms with Gasteiger partial charge in [0.15, 0.2) is 0 Å². The number of epoxide rings is 1. The molecule has 3 heteroatoms. The first-order valence-corrected chi connectivity index (χ1v) is 4.63. The van der Waals surface area contributed by atoms with Gasteiger partial charge in [0.1, 0.15) is 12.7 Å². The Morgan fingerprint density at radius 3 is 2.36 bits per heavy atom. The summed E-state index contributed by atoms with van der Waals surface area (Å²) >= 11 is 0. The molecule has 0 radical (unpaired) electrons. The maximum atomic E-state index is 10.7. The van der Waals surface area contributed by atoms with E-state index in [0.29, 0.717) is 18.8 Å². The fourth-order valence-electron chi connectivity index (χ4n) is 0.456. The second-order valence-electron chi connectivity index (χ2n) is 3.00. The molecule has 0 aromatic rings. The van der Waals surface area contributed by atoms with E-state index in [1.807, 2.05) is 26.0 Å². The fraction of sp³-hybridized carbons (Fsp3) is 0.545. The van der Waals surface area contributed by atoms with Crippen LogP contribution in [0.1, 0.15) is 20.8 Å². The highest BCUT2D eigenvalue weighted by molar-refractivity contribution is 5.86. The van der Waals surface area contributed by atoms with E-state index in [0.717, 1.165) is 0 Å². The van der Waals surface area contributed by atoms with Gasteiger partial charge in [-0.15, -0.1) is 0 Å². The SMILES string of the molecule is C=C(C)C(=O)OCC1CO1.CC=CC. The van der Waals surface area contributed by atoms with E-state index >= 15 is 0 Å². The third-order valence-electron chi connectivity index (χ3n) is 1.48. The number of allylic oxidation sites excluding steroid dienone is 2. The van der Waals surface area contributed by atoms with Gasteiger partial charge in [0.2, 0.25) is 0 Å². The van der Waals surface area contributed by atoms with Crippen molar-refractivity contribution in [3.63, 3.8) is 0 Å². The zero-order chi connectivity index (χ0) is 11.0. The summed E-state index contributed by atoms with van der Waals surface area (Å²) in [6.07, 6.45) is 4.14. The van der Waals surface area contributed by atoms with Crippen molar-refractivity contribution in [2.75, 3.05) is 13.2 Å². The summed E-state index contributed by atoms with van der Waals surface area (Å²) in [6, 6.07) is 0. The smallest absolute Gasteiger partial charge is 0.333 e. The standard InChI is InChI=1S/C7H10O3.C4H8/c1-5(2)7(8)10-4-6-3-9-6;1-3-4-2/h6H,1,3-4H2,2H3;3-4H,1-2H3. The summed E-state index contributed by atoms with van der Waals surface area (Å²) in [7, 11) is 0. The van der Waals surface area contributed by atoms with Crippen LogP contribution in [0, 0.1) is 0 Å². The van der Waals surface area contributed by atoms with Gasteiger partial charge in [0.25, 0.3) is 0 Å². The van der Waals surface area contributed by atoms with Crippen LogP contribution < -0.4 is 0 Å². The molecule has 1 fully saturated rings. The van der Waals surface area contributed by atoms with E-state index in [1.54, 1.807) is 6.92 Å². The van der Waals surface area contributed by atoms with Gasteiger partial charge in [0.05, 0.1) is 6.61 Å². The quantitative estimate of drug-likeness (QED) is 0.301. The predicted molar refractivity (Wildman–Crippen MR) is 56.0 cm³/mol. The van der Waals surface area contributed by atoms with Crippen molar-refractivity contribution >= 4 is 5.97 Å². The van der Waals surface area contributed by atoms with Crippen molar-refractivity contribution in [1.29, 1.82) is 0 Å². The van der Waals surface area contributed by atoms with Gasteiger partial charge in [0, 0.05) is 5.57 Å². The lowest BCUT2D eigenvalue weighted by Crippen LogP contribution is -2.09. The molecule has 1 aliphatic heterocycles. The molecule has 0 aromatic carbocycles. The van der Waals surface area contributed by atoms with Crippen molar-refractivity contribution in [1.82, 2.24) is 0 Å². The number of carbonyl (C=O) groups excluding carboxylic acids is 1. The van der Waals surface area contributed by atoms with Gasteiger partial charge in [-0.2, -0.15) is 0 Å². The van der Waals surface area contributed by atoms with Gasteiger partial charge >= 0.3 is 5.97 Å². The lowest BCUT2D eigenvalue weighted by Gasteiger charge is -1.99. The maximum absolute atomic E-state index is 10.7. The highest BCUT2D eigenvalue weighted by Crippen LogP contribution is 2.09.